The Hall–Kier alpha value is -3.86. The molecule has 2 aromatic carbocycles. The Kier molecular flexibility index (Phi) is 7.67. The molecule has 4 N–H and O–H groups in total. The first-order valence-electron chi connectivity index (χ1n) is 9.67. The highest BCUT2D eigenvalue weighted by Crippen LogP contribution is 2.29. The van der Waals surface area contributed by atoms with Gasteiger partial charge in [0.25, 0.3) is 11.8 Å². The molecule has 11 heteroatoms. The standard InChI is InChI=1S/C22H19F3N4O3S/c23-22(24,25)15-5-9-17(10-6-15)29-21(32)28-16-7-3-14(4-8-16)19(30)26-11-12-27-20(31)18-2-1-13-33-18/h1-10,13H,11-12H2,(H,26,30)(H,27,31)(H2,28,29,32). The van der Waals surface area contributed by atoms with Crippen molar-refractivity contribution in [2.45, 2.75) is 6.18 Å². The van der Waals surface area contributed by atoms with Gasteiger partial charge in [-0.05, 0) is 60.0 Å². The second kappa shape index (κ2) is 10.6. The van der Waals surface area contributed by atoms with Crippen molar-refractivity contribution in [3.63, 3.8) is 0 Å². The van der Waals surface area contributed by atoms with E-state index in [1.165, 1.54) is 35.6 Å². The lowest BCUT2D eigenvalue weighted by Gasteiger charge is -2.10. The predicted molar refractivity (Wildman–Crippen MR) is 120 cm³/mol. The summed E-state index contributed by atoms with van der Waals surface area (Å²) in [6.07, 6.45) is -4.45. The van der Waals surface area contributed by atoms with Crippen LogP contribution in [-0.2, 0) is 6.18 Å². The van der Waals surface area contributed by atoms with Crippen molar-refractivity contribution in [2.24, 2.45) is 0 Å². The summed E-state index contributed by atoms with van der Waals surface area (Å²) >= 11 is 1.32. The van der Waals surface area contributed by atoms with Gasteiger partial charge < -0.3 is 21.3 Å². The van der Waals surface area contributed by atoms with Crippen LogP contribution in [0.15, 0.2) is 66.0 Å². The Balaban J connectivity index is 1.43. The predicted octanol–water partition coefficient (Wildman–Crippen LogP) is 4.57. The summed E-state index contributed by atoms with van der Waals surface area (Å²) in [7, 11) is 0. The third-order valence-corrected chi connectivity index (χ3v) is 5.18. The Bertz CT molecular complexity index is 1100. The molecule has 4 amide bonds. The minimum atomic E-state index is -4.45. The first-order chi connectivity index (χ1) is 15.7. The minimum absolute atomic E-state index is 0.197. The molecule has 1 aromatic heterocycles. The third kappa shape index (κ3) is 7.07. The van der Waals surface area contributed by atoms with Crippen LogP contribution in [0, 0.1) is 0 Å². The molecule has 0 atom stereocenters. The molecule has 0 aliphatic rings. The fourth-order valence-corrected chi connectivity index (χ4v) is 3.33. The van der Waals surface area contributed by atoms with Crippen LogP contribution in [0.4, 0.5) is 29.3 Å². The number of carbonyl (C=O) groups is 3. The molecule has 3 aromatic rings. The van der Waals surface area contributed by atoms with Gasteiger partial charge in [0.15, 0.2) is 0 Å². The molecule has 0 aliphatic heterocycles. The first kappa shape index (κ1) is 23.8. The Morgan fingerprint density at radius 3 is 1.82 bits per heavy atom. The molecule has 1 heterocycles. The average molecular weight is 476 g/mol. The third-order valence-electron chi connectivity index (χ3n) is 4.32. The number of hydrogen-bond donors (Lipinski definition) is 4. The number of alkyl halides is 3. The van der Waals surface area contributed by atoms with Gasteiger partial charge in [0, 0.05) is 30.0 Å². The summed E-state index contributed by atoms with van der Waals surface area (Å²) in [6.45, 7) is 0.512. The van der Waals surface area contributed by atoms with Crippen molar-refractivity contribution in [3.8, 4) is 0 Å². The van der Waals surface area contributed by atoms with Crippen molar-refractivity contribution >= 4 is 40.6 Å². The summed E-state index contributed by atoms with van der Waals surface area (Å²) < 4.78 is 37.8. The van der Waals surface area contributed by atoms with Crippen LogP contribution in [0.5, 0.6) is 0 Å². The van der Waals surface area contributed by atoms with Crippen LogP contribution in [-0.4, -0.2) is 30.9 Å². The summed E-state index contributed by atoms with van der Waals surface area (Å²) in [4.78, 5) is 36.6. The maximum Gasteiger partial charge on any atom is 0.416 e. The van der Waals surface area contributed by atoms with Gasteiger partial charge in [-0.2, -0.15) is 13.2 Å². The van der Waals surface area contributed by atoms with E-state index in [4.69, 9.17) is 0 Å². The molecule has 0 unspecified atom stereocenters. The molecule has 0 saturated heterocycles. The van der Waals surface area contributed by atoms with Crippen LogP contribution < -0.4 is 21.3 Å². The SMILES string of the molecule is O=C(Nc1ccc(C(=O)NCCNC(=O)c2cccs2)cc1)Nc1ccc(C(F)(F)F)cc1. The molecular weight excluding hydrogens is 457 g/mol. The van der Waals surface area contributed by atoms with Crippen LogP contribution in [0.2, 0.25) is 0 Å². The number of thiophene rings is 1. The van der Waals surface area contributed by atoms with Gasteiger partial charge in [0.1, 0.15) is 0 Å². The van der Waals surface area contributed by atoms with Gasteiger partial charge in [0.05, 0.1) is 10.4 Å². The number of carbonyl (C=O) groups excluding carboxylic acids is 3. The molecule has 172 valence electrons. The summed E-state index contributed by atoms with van der Waals surface area (Å²) in [5.41, 5.74) is 0.127. The minimum Gasteiger partial charge on any atom is -0.350 e. The Morgan fingerprint density at radius 1 is 0.758 bits per heavy atom. The van der Waals surface area contributed by atoms with Gasteiger partial charge in [-0.15, -0.1) is 11.3 Å². The maximum atomic E-state index is 12.6. The quantitative estimate of drug-likeness (QED) is 0.376. The molecule has 3 rings (SSSR count). The average Bonchev–Trinajstić information content (AvgIpc) is 3.32. The molecule has 0 saturated carbocycles. The van der Waals surface area contributed by atoms with E-state index in [9.17, 15) is 27.6 Å². The number of rotatable bonds is 7. The van der Waals surface area contributed by atoms with Gasteiger partial charge >= 0.3 is 12.2 Å². The van der Waals surface area contributed by atoms with E-state index < -0.39 is 17.8 Å². The highest BCUT2D eigenvalue weighted by molar-refractivity contribution is 7.12. The molecule has 0 fully saturated rings. The van der Waals surface area contributed by atoms with Crippen molar-refractivity contribution in [1.82, 2.24) is 10.6 Å². The Labute approximate surface area is 191 Å². The molecule has 0 bridgehead atoms. The van der Waals surface area contributed by atoms with E-state index in [2.05, 4.69) is 21.3 Å². The lowest BCUT2D eigenvalue weighted by molar-refractivity contribution is -0.137. The van der Waals surface area contributed by atoms with E-state index in [1.807, 2.05) is 0 Å². The summed E-state index contributed by atoms with van der Waals surface area (Å²) in [6, 6.07) is 12.9. The smallest absolute Gasteiger partial charge is 0.350 e. The van der Waals surface area contributed by atoms with Crippen molar-refractivity contribution in [2.75, 3.05) is 23.7 Å². The van der Waals surface area contributed by atoms with E-state index in [0.29, 0.717) is 16.1 Å². The molecule has 33 heavy (non-hydrogen) atoms. The molecule has 0 radical (unpaired) electrons. The normalized spacial score (nSPS) is 10.9. The second-order valence-electron chi connectivity index (χ2n) is 6.72. The maximum absolute atomic E-state index is 12.6. The molecule has 7 nitrogen and oxygen atoms in total. The van der Waals surface area contributed by atoms with Crippen LogP contribution in [0.1, 0.15) is 25.6 Å². The van der Waals surface area contributed by atoms with Crippen molar-refractivity contribution in [1.29, 1.82) is 0 Å². The fourth-order valence-electron chi connectivity index (χ4n) is 2.69. The summed E-state index contributed by atoms with van der Waals surface area (Å²) in [5.74, 6) is -0.551. The lowest BCUT2D eigenvalue weighted by Crippen LogP contribution is -2.34. The monoisotopic (exact) mass is 476 g/mol. The molecule has 0 aliphatic carbocycles. The highest BCUT2D eigenvalue weighted by atomic mass is 32.1. The number of nitrogens with one attached hydrogen (secondary N) is 4. The zero-order chi connectivity index (χ0) is 23.8. The van der Waals surface area contributed by atoms with Crippen LogP contribution >= 0.6 is 11.3 Å². The van der Waals surface area contributed by atoms with Crippen LogP contribution in [0.3, 0.4) is 0 Å². The zero-order valence-electron chi connectivity index (χ0n) is 17.0. The van der Waals surface area contributed by atoms with Gasteiger partial charge in [-0.3, -0.25) is 9.59 Å². The summed E-state index contributed by atoms with van der Waals surface area (Å²) in [5, 5.41) is 12.1. The van der Waals surface area contributed by atoms with Crippen molar-refractivity contribution in [3.05, 3.63) is 82.0 Å². The van der Waals surface area contributed by atoms with Gasteiger partial charge in [-0.1, -0.05) is 6.07 Å². The number of benzene rings is 2. The van der Waals surface area contributed by atoms with E-state index in [-0.39, 0.29) is 30.6 Å². The van der Waals surface area contributed by atoms with E-state index >= 15 is 0 Å². The molecule has 0 spiro atoms. The lowest BCUT2D eigenvalue weighted by atomic mass is 10.2. The number of amides is 4. The molecular formula is C22H19F3N4O3S. The highest BCUT2D eigenvalue weighted by Gasteiger charge is 2.30. The topological polar surface area (TPSA) is 99.3 Å². The fraction of sp³-hybridized carbons (Fsp3) is 0.136. The first-order valence-corrected chi connectivity index (χ1v) is 10.6. The van der Waals surface area contributed by atoms with Gasteiger partial charge in [0.2, 0.25) is 0 Å². The Morgan fingerprint density at radius 2 is 1.30 bits per heavy atom. The van der Waals surface area contributed by atoms with Gasteiger partial charge in [-0.25, -0.2) is 4.79 Å². The zero-order valence-corrected chi connectivity index (χ0v) is 17.8. The van der Waals surface area contributed by atoms with E-state index in [1.54, 1.807) is 17.5 Å². The van der Waals surface area contributed by atoms with Crippen molar-refractivity contribution < 1.29 is 27.6 Å². The van der Waals surface area contributed by atoms with E-state index in [0.717, 1.165) is 24.3 Å². The number of hydrogen-bond acceptors (Lipinski definition) is 4. The number of halogens is 3. The number of urea groups is 1. The van der Waals surface area contributed by atoms with Crippen LogP contribution in [0.25, 0.3) is 0 Å². The number of anilines is 2. The largest absolute Gasteiger partial charge is 0.416 e. The second-order valence-corrected chi connectivity index (χ2v) is 7.67.